The van der Waals surface area contributed by atoms with Crippen LogP contribution in [0.3, 0.4) is 0 Å². The van der Waals surface area contributed by atoms with Crippen molar-refractivity contribution in [1.82, 2.24) is 0 Å². The molecule has 0 unspecified atom stereocenters. The Morgan fingerprint density at radius 1 is 1.53 bits per heavy atom. The molecule has 0 amide bonds. The van der Waals surface area contributed by atoms with E-state index in [1.54, 1.807) is 17.4 Å². The molecule has 0 bridgehead atoms. The standard InChI is InChI=1S/C12H14O2S/c1-9(2)5-6-10(12(13)14)8-11-4-3-7-15-11/h3-5,7-8H,6H2,1-2H3,(H,13,14). The van der Waals surface area contributed by atoms with Gasteiger partial charge in [-0.05, 0) is 37.8 Å². The van der Waals surface area contributed by atoms with Crippen molar-refractivity contribution in [2.45, 2.75) is 20.3 Å². The van der Waals surface area contributed by atoms with Gasteiger partial charge in [0.2, 0.25) is 0 Å². The first-order valence-electron chi connectivity index (χ1n) is 4.70. The lowest BCUT2D eigenvalue weighted by Gasteiger charge is -1.97. The van der Waals surface area contributed by atoms with Gasteiger partial charge in [-0.25, -0.2) is 4.79 Å². The molecule has 0 atom stereocenters. The van der Waals surface area contributed by atoms with Gasteiger partial charge in [0.05, 0.1) is 0 Å². The van der Waals surface area contributed by atoms with E-state index in [4.69, 9.17) is 5.11 Å². The Morgan fingerprint density at radius 3 is 2.73 bits per heavy atom. The van der Waals surface area contributed by atoms with Crippen LogP contribution < -0.4 is 0 Å². The number of rotatable bonds is 4. The Balaban J connectivity index is 2.83. The van der Waals surface area contributed by atoms with Gasteiger partial charge < -0.3 is 5.11 Å². The molecule has 1 aromatic rings. The van der Waals surface area contributed by atoms with Gasteiger partial charge in [-0.15, -0.1) is 11.3 Å². The normalized spacial score (nSPS) is 11.2. The van der Waals surface area contributed by atoms with Crippen LogP contribution in [-0.2, 0) is 4.79 Å². The van der Waals surface area contributed by atoms with Crippen molar-refractivity contribution in [3.63, 3.8) is 0 Å². The highest BCUT2D eigenvalue weighted by Gasteiger charge is 2.05. The zero-order valence-corrected chi connectivity index (χ0v) is 9.67. The third kappa shape index (κ3) is 4.13. The molecule has 0 radical (unpaired) electrons. The molecular weight excluding hydrogens is 208 g/mol. The summed E-state index contributed by atoms with van der Waals surface area (Å²) in [5.74, 6) is -0.846. The maximum atomic E-state index is 10.9. The Kier molecular flexibility index (Phi) is 4.31. The molecule has 1 aromatic heterocycles. The second-order valence-corrected chi connectivity index (χ2v) is 4.46. The molecule has 1 heterocycles. The van der Waals surface area contributed by atoms with Gasteiger partial charge in [0.25, 0.3) is 0 Å². The van der Waals surface area contributed by atoms with Crippen LogP contribution >= 0.6 is 11.3 Å². The molecular formula is C12H14O2S. The quantitative estimate of drug-likeness (QED) is 0.624. The highest BCUT2D eigenvalue weighted by Crippen LogP contribution is 2.16. The van der Waals surface area contributed by atoms with E-state index in [2.05, 4.69) is 0 Å². The predicted molar refractivity (Wildman–Crippen MR) is 64.0 cm³/mol. The number of thiophene rings is 1. The number of aliphatic carboxylic acids is 1. The lowest BCUT2D eigenvalue weighted by atomic mass is 10.1. The van der Waals surface area contributed by atoms with Gasteiger partial charge in [0.1, 0.15) is 0 Å². The predicted octanol–water partition coefficient (Wildman–Crippen LogP) is 3.57. The Morgan fingerprint density at radius 2 is 2.27 bits per heavy atom. The number of hydrogen-bond donors (Lipinski definition) is 1. The molecule has 15 heavy (non-hydrogen) atoms. The molecule has 0 aliphatic carbocycles. The highest BCUT2D eigenvalue weighted by molar-refractivity contribution is 7.10. The van der Waals surface area contributed by atoms with Crippen molar-refractivity contribution in [2.75, 3.05) is 0 Å². The second kappa shape index (κ2) is 5.51. The topological polar surface area (TPSA) is 37.3 Å². The molecule has 0 aliphatic heterocycles. The van der Waals surface area contributed by atoms with Crippen LogP contribution in [0, 0.1) is 0 Å². The van der Waals surface area contributed by atoms with E-state index in [0.717, 1.165) is 10.5 Å². The van der Waals surface area contributed by atoms with Crippen LogP contribution in [0.5, 0.6) is 0 Å². The van der Waals surface area contributed by atoms with E-state index >= 15 is 0 Å². The van der Waals surface area contributed by atoms with Crippen LogP contribution in [-0.4, -0.2) is 11.1 Å². The average molecular weight is 222 g/mol. The first kappa shape index (κ1) is 11.7. The molecule has 0 fully saturated rings. The van der Waals surface area contributed by atoms with Gasteiger partial charge >= 0.3 is 5.97 Å². The lowest BCUT2D eigenvalue weighted by molar-refractivity contribution is -0.132. The molecule has 3 heteroatoms. The van der Waals surface area contributed by atoms with Crippen LogP contribution in [0.15, 0.2) is 34.7 Å². The van der Waals surface area contributed by atoms with Crippen molar-refractivity contribution >= 4 is 23.4 Å². The van der Waals surface area contributed by atoms with Gasteiger partial charge in [-0.1, -0.05) is 17.7 Å². The van der Waals surface area contributed by atoms with E-state index in [-0.39, 0.29) is 0 Å². The van der Waals surface area contributed by atoms with Crippen molar-refractivity contribution in [2.24, 2.45) is 0 Å². The van der Waals surface area contributed by atoms with E-state index in [0.29, 0.717) is 12.0 Å². The molecule has 0 saturated carbocycles. The Bertz CT molecular complexity index is 382. The van der Waals surface area contributed by atoms with Crippen molar-refractivity contribution in [1.29, 1.82) is 0 Å². The van der Waals surface area contributed by atoms with Crippen LogP contribution in [0.2, 0.25) is 0 Å². The van der Waals surface area contributed by atoms with Crippen molar-refractivity contribution in [3.05, 3.63) is 39.6 Å². The fraction of sp³-hybridized carbons (Fsp3) is 0.250. The Labute approximate surface area is 93.6 Å². The zero-order chi connectivity index (χ0) is 11.3. The molecule has 1 N–H and O–H groups in total. The second-order valence-electron chi connectivity index (χ2n) is 3.48. The number of allylic oxidation sites excluding steroid dienone is 2. The van der Waals surface area contributed by atoms with Gasteiger partial charge in [0, 0.05) is 10.5 Å². The summed E-state index contributed by atoms with van der Waals surface area (Å²) in [7, 11) is 0. The summed E-state index contributed by atoms with van der Waals surface area (Å²) in [5.41, 5.74) is 1.56. The fourth-order valence-corrected chi connectivity index (χ4v) is 1.75. The summed E-state index contributed by atoms with van der Waals surface area (Å²) >= 11 is 1.54. The largest absolute Gasteiger partial charge is 0.478 e. The monoisotopic (exact) mass is 222 g/mol. The van der Waals surface area contributed by atoms with Gasteiger partial charge in [-0.3, -0.25) is 0 Å². The summed E-state index contributed by atoms with van der Waals surface area (Å²) in [5, 5.41) is 10.9. The Hall–Kier alpha value is -1.35. The molecule has 0 aliphatic rings. The minimum atomic E-state index is -0.846. The SMILES string of the molecule is CC(C)=CCC(=Cc1cccs1)C(=O)O. The molecule has 1 rings (SSSR count). The third-order valence-electron chi connectivity index (χ3n) is 1.86. The first-order valence-corrected chi connectivity index (χ1v) is 5.58. The summed E-state index contributed by atoms with van der Waals surface area (Å²) in [6, 6.07) is 3.83. The number of carboxylic acids is 1. The smallest absolute Gasteiger partial charge is 0.331 e. The summed E-state index contributed by atoms with van der Waals surface area (Å²) < 4.78 is 0. The zero-order valence-electron chi connectivity index (χ0n) is 8.86. The fourth-order valence-electron chi connectivity index (χ4n) is 1.07. The minimum absolute atomic E-state index is 0.429. The van der Waals surface area contributed by atoms with Crippen LogP contribution in [0.1, 0.15) is 25.1 Å². The molecule has 0 spiro atoms. The first-order chi connectivity index (χ1) is 7.09. The van der Waals surface area contributed by atoms with E-state index in [1.807, 2.05) is 37.4 Å². The molecule has 80 valence electrons. The van der Waals surface area contributed by atoms with Crippen LogP contribution in [0.4, 0.5) is 0 Å². The van der Waals surface area contributed by atoms with Crippen molar-refractivity contribution < 1.29 is 9.90 Å². The van der Waals surface area contributed by atoms with Gasteiger partial charge in [0.15, 0.2) is 0 Å². The molecule has 0 aromatic carbocycles. The summed E-state index contributed by atoms with van der Waals surface area (Å²) in [6.45, 7) is 3.93. The molecule has 0 saturated heterocycles. The maximum absolute atomic E-state index is 10.9. The van der Waals surface area contributed by atoms with E-state index in [9.17, 15) is 4.79 Å². The van der Waals surface area contributed by atoms with E-state index < -0.39 is 5.97 Å². The summed E-state index contributed by atoms with van der Waals surface area (Å²) in [4.78, 5) is 11.9. The third-order valence-corrected chi connectivity index (χ3v) is 2.68. The summed E-state index contributed by atoms with van der Waals surface area (Å²) in [6.07, 6.45) is 4.13. The number of carboxylic acid groups (broad SMARTS) is 1. The van der Waals surface area contributed by atoms with Crippen LogP contribution in [0.25, 0.3) is 6.08 Å². The van der Waals surface area contributed by atoms with E-state index in [1.165, 1.54) is 0 Å². The number of hydrogen-bond acceptors (Lipinski definition) is 2. The lowest BCUT2D eigenvalue weighted by Crippen LogP contribution is -1.99. The number of carbonyl (C=O) groups is 1. The molecule has 2 nitrogen and oxygen atoms in total. The highest BCUT2D eigenvalue weighted by atomic mass is 32.1. The van der Waals surface area contributed by atoms with Crippen molar-refractivity contribution in [3.8, 4) is 0 Å². The van der Waals surface area contributed by atoms with Gasteiger partial charge in [-0.2, -0.15) is 0 Å². The average Bonchev–Trinajstić information content (AvgIpc) is 2.63. The maximum Gasteiger partial charge on any atom is 0.331 e. The minimum Gasteiger partial charge on any atom is -0.478 e.